The van der Waals surface area contributed by atoms with Crippen LogP contribution in [0, 0.1) is 0 Å². The SMILES string of the molecule is CCCCc1cc2c(-c3c4ccccc4cc4ccccc34)ccc(-c3c4ccccc4cc4ccccc34)c2[cH-]1.CCCCc1cc2c(-c3c4ccccc4cc4ccccc34)ccc(-c3c4ccccc4cc4ccccc34)c2[cH-]1.C[Si](C)=[Zr+2].[Cl-].[Cl-]. The zero-order chi connectivity index (χ0) is 58.3. The van der Waals surface area contributed by atoms with E-state index in [4.69, 9.17) is 0 Å². The predicted octanol–water partition coefficient (Wildman–Crippen LogP) is 18.5. The molecular weight excluding hydrogens is 1200 g/mol. The summed E-state index contributed by atoms with van der Waals surface area (Å²) in [5, 5.41) is 26.2. The fourth-order valence-corrected chi connectivity index (χ4v) is 13.9. The zero-order valence-electron chi connectivity index (χ0n) is 50.4. The molecule has 0 saturated carbocycles. The molecule has 0 unspecified atom stereocenters. The Kier molecular flexibility index (Phi) is 18.1. The molecule has 428 valence electrons. The van der Waals surface area contributed by atoms with Gasteiger partial charge in [-0.15, -0.1) is 44.8 Å². The van der Waals surface area contributed by atoms with Crippen molar-refractivity contribution in [2.24, 2.45) is 0 Å². The van der Waals surface area contributed by atoms with E-state index >= 15 is 0 Å². The zero-order valence-corrected chi connectivity index (χ0v) is 55.4. The molecule has 0 fully saturated rings. The third-order valence-corrected chi connectivity index (χ3v) is 17.7. The van der Waals surface area contributed by atoms with Gasteiger partial charge in [0.1, 0.15) is 0 Å². The standard InChI is InChI=1S/2C41H31.C2H6Si.2ClH.Zr/c2*1-2-3-12-27-23-38-36(40-32-17-8-4-13-28(32)25-29-14-5-9-18-33(29)40)21-22-37(39(38)24-27)41-34-19-10-6-15-30(34)26-31-16-7-11-20-35(31)41;1-3-2;;;/h2*4-11,13-26H,2-3,12H2,1H3;1-2H3;2*1H;/q2*-1;;;;+2/p-2. The van der Waals surface area contributed by atoms with Crippen LogP contribution in [0.1, 0.15) is 50.7 Å². The van der Waals surface area contributed by atoms with Gasteiger partial charge < -0.3 is 24.8 Å². The molecule has 0 nitrogen and oxygen atoms in total. The van der Waals surface area contributed by atoms with Gasteiger partial charge in [-0.2, -0.15) is 12.1 Å². The van der Waals surface area contributed by atoms with Gasteiger partial charge in [-0.25, -0.2) is 0 Å². The van der Waals surface area contributed by atoms with Crippen molar-refractivity contribution in [2.45, 2.75) is 65.5 Å². The van der Waals surface area contributed by atoms with Crippen LogP contribution in [0.4, 0.5) is 0 Å². The minimum Gasteiger partial charge on any atom is -1.00 e. The van der Waals surface area contributed by atoms with Crippen LogP contribution < -0.4 is 24.8 Å². The van der Waals surface area contributed by atoms with E-state index in [0.29, 0.717) is 0 Å². The largest absolute Gasteiger partial charge is 1.00 e. The van der Waals surface area contributed by atoms with E-state index in [-0.39, 0.29) is 30.2 Å². The Morgan fingerprint density at radius 1 is 0.284 bits per heavy atom. The Morgan fingerprint density at radius 3 is 0.716 bits per heavy atom. The molecular formula is C84H68Cl2SiZr-2. The first-order valence-electron chi connectivity index (χ1n) is 30.9. The third-order valence-electron chi connectivity index (χ3n) is 17.7. The van der Waals surface area contributed by atoms with Crippen molar-refractivity contribution in [2.75, 3.05) is 0 Å². The molecule has 0 aliphatic heterocycles. The van der Waals surface area contributed by atoms with E-state index in [0.717, 1.165) is 12.8 Å². The van der Waals surface area contributed by atoms with E-state index in [1.54, 1.807) is 23.3 Å². The first kappa shape index (κ1) is 60.3. The monoisotopic (exact) mass is 1260 g/mol. The van der Waals surface area contributed by atoms with Gasteiger partial charge >= 0.3 is 41.9 Å². The summed E-state index contributed by atoms with van der Waals surface area (Å²) < 4.78 is 0. The summed E-state index contributed by atoms with van der Waals surface area (Å²) in [5.74, 6) is 0. The third kappa shape index (κ3) is 11.4. The van der Waals surface area contributed by atoms with Crippen molar-refractivity contribution >= 4 is 113 Å². The predicted molar refractivity (Wildman–Crippen MR) is 376 cm³/mol. The van der Waals surface area contributed by atoms with Gasteiger partial charge in [0.15, 0.2) is 0 Å². The molecule has 0 aromatic heterocycles. The number of hydrogen-bond acceptors (Lipinski definition) is 0. The molecule has 16 aromatic carbocycles. The van der Waals surface area contributed by atoms with Crippen molar-refractivity contribution < 1.29 is 48.1 Å². The van der Waals surface area contributed by atoms with Crippen LogP contribution in [-0.4, -0.2) is 5.43 Å². The molecule has 0 N–H and O–H groups in total. The van der Waals surface area contributed by atoms with Crippen LogP contribution in [0.25, 0.3) is 152 Å². The molecule has 16 rings (SSSR count). The average Bonchev–Trinajstić information content (AvgIpc) is 1.43. The van der Waals surface area contributed by atoms with Crippen LogP contribution >= 0.6 is 0 Å². The summed E-state index contributed by atoms with van der Waals surface area (Å²) in [4.78, 5) is 0. The number of aryl methyl sites for hydroxylation is 2. The van der Waals surface area contributed by atoms with Gasteiger partial charge in [0.2, 0.25) is 0 Å². The Labute approximate surface area is 544 Å². The topological polar surface area (TPSA) is 0 Å². The van der Waals surface area contributed by atoms with E-state index in [1.807, 2.05) is 0 Å². The normalized spacial score (nSPS) is 11.3. The van der Waals surface area contributed by atoms with Crippen LogP contribution in [0.2, 0.25) is 13.1 Å². The van der Waals surface area contributed by atoms with Crippen molar-refractivity contribution in [3.05, 3.63) is 278 Å². The van der Waals surface area contributed by atoms with E-state index < -0.39 is 0 Å². The minimum atomic E-state index is 0. The minimum absolute atomic E-state index is 0. The number of hydrogen-bond donors (Lipinski definition) is 0. The van der Waals surface area contributed by atoms with Gasteiger partial charge in [0.05, 0.1) is 0 Å². The molecule has 0 aliphatic rings. The summed E-state index contributed by atoms with van der Waals surface area (Å²) >= 11 is 1.74. The number of rotatable bonds is 10. The second kappa shape index (κ2) is 26.4. The molecule has 0 radical (unpaired) electrons. The van der Waals surface area contributed by atoms with Crippen LogP contribution in [0.15, 0.2) is 267 Å². The molecule has 0 saturated heterocycles. The van der Waals surface area contributed by atoms with Crippen molar-refractivity contribution in [3.8, 4) is 44.5 Å². The van der Waals surface area contributed by atoms with E-state index in [9.17, 15) is 0 Å². The first-order valence-corrected chi connectivity index (χ1v) is 37.1. The van der Waals surface area contributed by atoms with Gasteiger partial charge in [-0.05, 0) is 146 Å². The summed E-state index contributed by atoms with van der Waals surface area (Å²) in [5.41, 5.74) is 13.7. The molecule has 0 bridgehead atoms. The molecule has 0 atom stereocenters. The Hall–Kier alpha value is -7.94. The van der Waals surface area contributed by atoms with Crippen molar-refractivity contribution in [3.63, 3.8) is 0 Å². The number of unbranched alkanes of at least 4 members (excludes halogenated alkanes) is 2. The summed E-state index contributed by atoms with van der Waals surface area (Å²) in [6.45, 7) is 9.18. The molecule has 4 heteroatoms. The molecule has 0 amide bonds. The molecule has 16 aromatic rings. The van der Waals surface area contributed by atoms with E-state index in [1.165, 1.54) is 189 Å². The van der Waals surface area contributed by atoms with Crippen LogP contribution in [0.5, 0.6) is 0 Å². The fourth-order valence-electron chi connectivity index (χ4n) is 13.9. The van der Waals surface area contributed by atoms with Gasteiger partial charge in [-0.3, -0.25) is 0 Å². The molecule has 0 spiro atoms. The Balaban J connectivity index is 0.000000158. The van der Waals surface area contributed by atoms with Gasteiger partial charge in [0.25, 0.3) is 0 Å². The maximum Gasteiger partial charge on any atom is -1.00 e. The van der Waals surface area contributed by atoms with Crippen molar-refractivity contribution in [1.29, 1.82) is 0 Å². The molecule has 0 heterocycles. The van der Waals surface area contributed by atoms with Gasteiger partial charge in [-0.1, -0.05) is 280 Å². The smallest absolute Gasteiger partial charge is 1.00 e. The Morgan fingerprint density at radius 2 is 0.489 bits per heavy atom. The van der Waals surface area contributed by atoms with Crippen LogP contribution in [-0.2, 0) is 36.2 Å². The average molecular weight is 1270 g/mol. The fraction of sp³-hybridized carbons (Fsp3) is 0.119. The summed E-state index contributed by atoms with van der Waals surface area (Å²) in [6, 6.07) is 99.7. The first-order chi connectivity index (χ1) is 42.3. The maximum atomic E-state index is 2.48. The number of benzene rings is 14. The molecule has 88 heavy (non-hydrogen) atoms. The van der Waals surface area contributed by atoms with Crippen molar-refractivity contribution in [1.82, 2.24) is 0 Å². The number of halogens is 2. The Bertz CT molecular complexity index is 4420. The number of fused-ring (bicyclic) bond motifs is 10. The van der Waals surface area contributed by atoms with E-state index in [2.05, 4.69) is 294 Å². The second-order valence-corrected chi connectivity index (χ2v) is 33.1. The van der Waals surface area contributed by atoms with Gasteiger partial charge in [0, 0.05) is 0 Å². The second-order valence-electron chi connectivity index (χ2n) is 23.7. The summed E-state index contributed by atoms with van der Waals surface area (Å²) in [7, 11) is 0. The maximum absolute atomic E-state index is 2.48. The molecule has 0 aliphatic carbocycles. The quantitative estimate of drug-likeness (QED) is 0.0727. The van der Waals surface area contributed by atoms with Crippen LogP contribution in [0.3, 0.4) is 0 Å². The summed E-state index contributed by atoms with van der Waals surface area (Å²) in [6.07, 6.45) is 7.02.